The Bertz CT molecular complexity index is 1030. The van der Waals surface area contributed by atoms with Crippen LogP contribution in [0.2, 0.25) is 0 Å². The van der Waals surface area contributed by atoms with Gasteiger partial charge in [-0.1, -0.05) is 18.2 Å². The van der Waals surface area contributed by atoms with Crippen LogP contribution in [0.15, 0.2) is 42.5 Å². The van der Waals surface area contributed by atoms with Gasteiger partial charge < -0.3 is 10.2 Å². The lowest BCUT2D eigenvalue weighted by Gasteiger charge is -2.30. The minimum Gasteiger partial charge on any atom is -0.347 e. The third kappa shape index (κ3) is 4.84. The van der Waals surface area contributed by atoms with Crippen LogP contribution >= 0.6 is 11.5 Å². The predicted octanol–water partition coefficient (Wildman–Crippen LogP) is 4.74. The third-order valence-electron chi connectivity index (χ3n) is 5.64. The maximum atomic E-state index is 13.1. The summed E-state index contributed by atoms with van der Waals surface area (Å²) in [6.45, 7) is 5.69. The molecule has 5 nitrogen and oxygen atoms in total. The summed E-state index contributed by atoms with van der Waals surface area (Å²) < 4.78 is 17.5. The van der Waals surface area contributed by atoms with Crippen LogP contribution in [-0.2, 0) is 11.2 Å². The molecule has 30 heavy (non-hydrogen) atoms. The summed E-state index contributed by atoms with van der Waals surface area (Å²) >= 11 is 1.38. The number of anilines is 2. The van der Waals surface area contributed by atoms with E-state index in [9.17, 15) is 9.18 Å². The Morgan fingerprint density at radius 3 is 2.57 bits per heavy atom. The number of nitrogens with zero attached hydrogens (tertiary/aromatic N) is 3. The highest BCUT2D eigenvalue weighted by Gasteiger charge is 2.26. The summed E-state index contributed by atoms with van der Waals surface area (Å²) in [6, 6.07) is 12.4. The van der Waals surface area contributed by atoms with Gasteiger partial charge in [-0.2, -0.15) is 4.37 Å². The molecular formula is C23H25FN4OS. The fourth-order valence-electron chi connectivity index (χ4n) is 3.63. The first-order valence-electron chi connectivity index (χ1n) is 10.2. The molecule has 2 heterocycles. The second-order valence-corrected chi connectivity index (χ2v) is 8.58. The number of nitrogens with one attached hydrogen (secondary N) is 1. The molecule has 0 atom stereocenters. The van der Waals surface area contributed by atoms with E-state index in [1.807, 2.05) is 18.2 Å². The van der Waals surface area contributed by atoms with E-state index < -0.39 is 0 Å². The zero-order chi connectivity index (χ0) is 21.1. The van der Waals surface area contributed by atoms with Crippen LogP contribution in [0.4, 0.5) is 15.2 Å². The summed E-state index contributed by atoms with van der Waals surface area (Å²) in [7, 11) is 0. The van der Waals surface area contributed by atoms with Crippen molar-refractivity contribution in [1.82, 2.24) is 9.36 Å². The van der Waals surface area contributed by atoms with Crippen LogP contribution in [0, 0.1) is 25.6 Å². The molecule has 1 fully saturated rings. The Morgan fingerprint density at radius 1 is 1.13 bits per heavy atom. The van der Waals surface area contributed by atoms with Crippen molar-refractivity contribution < 1.29 is 9.18 Å². The largest absolute Gasteiger partial charge is 0.347 e. The summed E-state index contributed by atoms with van der Waals surface area (Å²) in [5.41, 5.74) is 4.25. The number of carbonyl (C=O) groups is 1. The van der Waals surface area contributed by atoms with Gasteiger partial charge in [0.1, 0.15) is 11.6 Å². The highest BCUT2D eigenvalue weighted by atomic mass is 32.1. The zero-order valence-electron chi connectivity index (χ0n) is 17.2. The maximum absolute atomic E-state index is 13.1. The van der Waals surface area contributed by atoms with E-state index in [1.165, 1.54) is 34.8 Å². The van der Waals surface area contributed by atoms with Gasteiger partial charge in [-0.25, -0.2) is 9.37 Å². The minimum absolute atomic E-state index is 0.00877. The molecule has 3 aromatic rings. The van der Waals surface area contributed by atoms with E-state index in [-0.39, 0.29) is 17.6 Å². The summed E-state index contributed by atoms with van der Waals surface area (Å²) in [4.78, 5) is 19.5. The van der Waals surface area contributed by atoms with Crippen molar-refractivity contribution in [1.29, 1.82) is 0 Å². The topological polar surface area (TPSA) is 58.1 Å². The van der Waals surface area contributed by atoms with Gasteiger partial charge >= 0.3 is 0 Å². The number of hydrogen-bond acceptors (Lipinski definition) is 5. The minimum atomic E-state index is -0.241. The number of hydrogen-bond donors (Lipinski definition) is 1. The van der Waals surface area contributed by atoms with Crippen molar-refractivity contribution in [2.45, 2.75) is 33.1 Å². The van der Waals surface area contributed by atoms with Crippen LogP contribution in [0.5, 0.6) is 0 Å². The Morgan fingerprint density at radius 2 is 1.87 bits per heavy atom. The second-order valence-electron chi connectivity index (χ2n) is 7.85. The number of amides is 1. The molecule has 2 aromatic carbocycles. The van der Waals surface area contributed by atoms with Gasteiger partial charge in [0.05, 0.1) is 0 Å². The van der Waals surface area contributed by atoms with Crippen LogP contribution in [0.25, 0.3) is 0 Å². The Kier molecular flexibility index (Phi) is 6.08. The van der Waals surface area contributed by atoms with Crippen molar-refractivity contribution in [2.24, 2.45) is 5.92 Å². The van der Waals surface area contributed by atoms with Crippen LogP contribution < -0.4 is 10.2 Å². The molecule has 0 bridgehead atoms. The SMILES string of the molecule is Cc1ccc(NC(=O)C2CCN(c3nc(Cc4ccc(F)cc4)ns3)CC2)cc1C. The lowest BCUT2D eigenvalue weighted by molar-refractivity contribution is -0.120. The van der Waals surface area contributed by atoms with Gasteiger partial charge in [-0.05, 0) is 67.6 Å². The lowest BCUT2D eigenvalue weighted by atomic mass is 9.96. The monoisotopic (exact) mass is 424 g/mol. The van der Waals surface area contributed by atoms with E-state index in [2.05, 4.69) is 33.4 Å². The second kappa shape index (κ2) is 8.92. The first-order chi connectivity index (χ1) is 14.5. The maximum Gasteiger partial charge on any atom is 0.227 e. The molecule has 1 aliphatic rings. The fraction of sp³-hybridized carbons (Fsp3) is 0.348. The molecule has 0 radical (unpaired) electrons. The van der Waals surface area contributed by atoms with Crippen molar-refractivity contribution in [3.8, 4) is 0 Å². The predicted molar refractivity (Wildman–Crippen MR) is 119 cm³/mol. The van der Waals surface area contributed by atoms with E-state index in [4.69, 9.17) is 0 Å². The fourth-order valence-corrected chi connectivity index (χ4v) is 4.36. The number of aryl methyl sites for hydroxylation is 2. The van der Waals surface area contributed by atoms with Crippen molar-refractivity contribution in [2.75, 3.05) is 23.3 Å². The van der Waals surface area contributed by atoms with E-state index in [0.717, 1.165) is 48.1 Å². The molecule has 156 valence electrons. The standard InChI is InChI=1S/C23H25FN4OS/c1-15-3-8-20(13-16(15)2)25-22(29)18-9-11-28(12-10-18)23-26-21(27-30-23)14-17-4-6-19(24)7-5-17/h3-8,13,18H,9-12,14H2,1-2H3,(H,25,29). The van der Waals surface area contributed by atoms with Gasteiger partial charge in [0, 0.05) is 42.6 Å². The molecule has 1 saturated heterocycles. The van der Waals surface area contributed by atoms with Gasteiger partial charge in [0.15, 0.2) is 0 Å². The van der Waals surface area contributed by atoms with E-state index in [0.29, 0.717) is 6.42 Å². The smallest absolute Gasteiger partial charge is 0.227 e. The molecule has 0 saturated carbocycles. The summed E-state index contributed by atoms with van der Waals surface area (Å²) in [6.07, 6.45) is 2.18. The molecule has 1 N–H and O–H groups in total. The third-order valence-corrected chi connectivity index (χ3v) is 6.46. The highest BCUT2D eigenvalue weighted by Crippen LogP contribution is 2.26. The highest BCUT2D eigenvalue weighted by molar-refractivity contribution is 7.09. The molecule has 0 unspecified atom stereocenters. The average molecular weight is 425 g/mol. The molecule has 4 rings (SSSR count). The Labute approximate surface area is 180 Å². The Hall–Kier alpha value is -2.80. The molecule has 1 amide bonds. The van der Waals surface area contributed by atoms with Gasteiger partial charge in [0.25, 0.3) is 0 Å². The number of halogens is 1. The van der Waals surface area contributed by atoms with Crippen LogP contribution in [-0.4, -0.2) is 28.4 Å². The molecule has 7 heteroatoms. The lowest BCUT2D eigenvalue weighted by Crippen LogP contribution is -2.38. The molecule has 0 aliphatic carbocycles. The Balaban J connectivity index is 1.31. The zero-order valence-corrected chi connectivity index (χ0v) is 18.0. The molecular weight excluding hydrogens is 399 g/mol. The normalized spacial score (nSPS) is 14.7. The molecule has 1 aliphatic heterocycles. The van der Waals surface area contributed by atoms with E-state index >= 15 is 0 Å². The number of piperidine rings is 1. The van der Waals surface area contributed by atoms with Crippen LogP contribution in [0.1, 0.15) is 35.4 Å². The van der Waals surface area contributed by atoms with Crippen LogP contribution in [0.3, 0.4) is 0 Å². The molecule has 0 spiro atoms. The van der Waals surface area contributed by atoms with Gasteiger partial charge in [0.2, 0.25) is 11.0 Å². The average Bonchev–Trinajstić information content (AvgIpc) is 3.21. The summed E-state index contributed by atoms with van der Waals surface area (Å²) in [5.74, 6) is 0.605. The van der Waals surface area contributed by atoms with Gasteiger partial charge in [-0.15, -0.1) is 0 Å². The number of aromatic nitrogens is 2. The van der Waals surface area contributed by atoms with Gasteiger partial charge in [-0.3, -0.25) is 4.79 Å². The first kappa shape index (κ1) is 20.5. The van der Waals surface area contributed by atoms with E-state index in [1.54, 1.807) is 12.1 Å². The number of rotatable bonds is 5. The first-order valence-corrected chi connectivity index (χ1v) is 11.0. The quantitative estimate of drug-likeness (QED) is 0.643. The summed E-state index contributed by atoms with van der Waals surface area (Å²) in [5, 5.41) is 3.95. The van der Waals surface area contributed by atoms with Crippen molar-refractivity contribution >= 4 is 28.3 Å². The number of carbonyl (C=O) groups excluding carboxylic acids is 1. The molecule has 1 aromatic heterocycles. The number of benzene rings is 2. The van der Waals surface area contributed by atoms with Crippen molar-refractivity contribution in [3.05, 3.63) is 70.8 Å². The van der Waals surface area contributed by atoms with Crippen molar-refractivity contribution in [3.63, 3.8) is 0 Å².